The quantitative estimate of drug-likeness (QED) is 0.736. The van der Waals surface area contributed by atoms with E-state index in [1.54, 1.807) is 0 Å². The van der Waals surface area contributed by atoms with Crippen LogP contribution in [0.25, 0.3) is 0 Å². The van der Waals surface area contributed by atoms with Gasteiger partial charge in [-0.05, 0) is 68.5 Å². The number of hydrogen-bond acceptors (Lipinski definition) is 3. The van der Waals surface area contributed by atoms with Gasteiger partial charge in [-0.15, -0.1) is 0 Å². The van der Waals surface area contributed by atoms with Crippen molar-refractivity contribution < 1.29 is 9.59 Å². The molecule has 2 aromatic carbocycles. The molecule has 1 aliphatic carbocycles. The Morgan fingerprint density at radius 2 is 1.50 bits per heavy atom. The van der Waals surface area contributed by atoms with Crippen LogP contribution in [0.1, 0.15) is 29.5 Å². The molecule has 0 atom stereocenters. The molecule has 0 aromatic heterocycles. The molecule has 136 valence electrons. The van der Waals surface area contributed by atoms with E-state index in [-0.39, 0.29) is 24.3 Å². The minimum absolute atomic E-state index is 0.0631. The molecule has 0 aliphatic heterocycles. The van der Waals surface area contributed by atoms with Crippen molar-refractivity contribution in [3.05, 3.63) is 53.1 Å². The van der Waals surface area contributed by atoms with Gasteiger partial charge in [0.15, 0.2) is 0 Å². The van der Waals surface area contributed by atoms with Gasteiger partial charge in [0, 0.05) is 23.0 Å². The Morgan fingerprint density at radius 1 is 0.885 bits per heavy atom. The number of anilines is 3. The third kappa shape index (κ3) is 4.23. The molecule has 5 heteroatoms. The number of rotatable bonds is 6. The summed E-state index contributed by atoms with van der Waals surface area (Å²) in [5, 5.41) is 9.05. The van der Waals surface area contributed by atoms with Crippen LogP contribution in [0.2, 0.25) is 0 Å². The largest absolute Gasteiger partial charge is 0.376 e. The van der Waals surface area contributed by atoms with Gasteiger partial charge >= 0.3 is 0 Å². The van der Waals surface area contributed by atoms with E-state index < -0.39 is 0 Å². The van der Waals surface area contributed by atoms with Crippen molar-refractivity contribution in [3.8, 4) is 0 Å². The Bertz CT molecular complexity index is 841. The van der Waals surface area contributed by atoms with E-state index in [0.29, 0.717) is 5.69 Å². The number of carbonyl (C=O) groups is 2. The predicted molar refractivity (Wildman–Crippen MR) is 106 cm³/mol. The number of nitrogens with one attached hydrogen (secondary N) is 3. The van der Waals surface area contributed by atoms with Crippen LogP contribution in [-0.2, 0) is 9.59 Å². The van der Waals surface area contributed by atoms with E-state index in [2.05, 4.69) is 16.0 Å². The van der Waals surface area contributed by atoms with Gasteiger partial charge in [0.1, 0.15) is 0 Å². The van der Waals surface area contributed by atoms with Crippen molar-refractivity contribution >= 4 is 28.9 Å². The lowest BCUT2D eigenvalue weighted by atomic mass is 10.1. The zero-order chi connectivity index (χ0) is 18.7. The SMILES string of the molecule is Cc1cccc(NCC(=O)Nc2cccc(NC(=O)C3CC3)c2C)c1C. The van der Waals surface area contributed by atoms with Crippen molar-refractivity contribution in [1.82, 2.24) is 0 Å². The molecule has 0 heterocycles. The van der Waals surface area contributed by atoms with Gasteiger partial charge in [-0.25, -0.2) is 0 Å². The second-order valence-corrected chi connectivity index (χ2v) is 6.89. The monoisotopic (exact) mass is 351 g/mol. The van der Waals surface area contributed by atoms with Gasteiger partial charge in [-0.3, -0.25) is 9.59 Å². The number of benzene rings is 2. The van der Waals surface area contributed by atoms with E-state index in [0.717, 1.165) is 35.3 Å². The molecular weight excluding hydrogens is 326 g/mol. The maximum Gasteiger partial charge on any atom is 0.243 e. The van der Waals surface area contributed by atoms with Gasteiger partial charge in [-0.1, -0.05) is 18.2 Å². The second kappa shape index (κ2) is 7.60. The number of aryl methyl sites for hydroxylation is 1. The van der Waals surface area contributed by atoms with Crippen LogP contribution in [0.4, 0.5) is 17.1 Å². The summed E-state index contributed by atoms with van der Waals surface area (Å²) >= 11 is 0. The van der Waals surface area contributed by atoms with Gasteiger partial charge in [0.25, 0.3) is 0 Å². The van der Waals surface area contributed by atoms with Crippen molar-refractivity contribution in [3.63, 3.8) is 0 Å². The Balaban J connectivity index is 1.61. The van der Waals surface area contributed by atoms with E-state index in [1.165, 1.54) is 5.56 Å². The highest BCUT2D eigenvalue weighted by Crippen LogP contribution is 2.31. The molecular formula is C21H25N3O2. The zero-order valence-electron chi connectivity index (χ0n) is 15.5. The van der Waals surface area contributed by atoms with Crippen LogP contribution in [0.5, 0.6) is 0 Å². The molecule has 2 amide bonds. The van der Waals surface area contributed by atoms with Crippen LogP contribution < -0.4 is 16.0 Å². The molecule has 0 unspecified atom stereocenters. The summed E-state index contributed by atoms with van der Waals surface area (Å²) in [5.41, 5.74) is 5.61. The number of carbonyl (C=O) groups excluding carboxylic acids is 2. The number of hydrogen-bond donors (Lipinski definition) is 3. The highest BCUT2D eigenvalue weighted by molar-refractivity contribution is 5.98. The number of amides is 2. The molecule has 26 heavy (non-hydrogen) atoms. The first-order chi connectivity index (χ1) is 12.5. The predicted octanol–water partition coefficient (Wildman–Crippen LogP) is 4.01. The third-order valence-electron chi connectivity index (χ3n) is 4.86. The van der Waals surface area contributed by atoms with Crippen molar-refractivity contribution in [2.45, 2.75) is 33.6 Å². The fourth-order valence-corrected chi connectivity index (χ4v) is 2.80. The smallest absolute Gasteiger partial charge is 0.243 e. The van der Waals surface area contributed by atoms with Gasteiger partial charge in [-0.2, -0.15) is 0 Å². The lowest BCUT2D eigenvalue weighted by molar-refractivity contribution is -0.117. The van der Waals surface area contributed by atoms with Crippen LogP contribution in [0, 0.1) is 26.7 Å². The average Bonchev–Trinajstić information content (AvgIpc) is 3.45. The molecule has 0 spiro atoms. The molecule has 1 saturated carbocycles. The summed E-state index contributed by atoms with van der Waals surface area (Å²) in [6.45, 7) is 6.16. The summed E-state index contributed by atoms with van der Waals surface area (Å²) < 4.78 is 0. The topological polar surface area (TPSA) is 70.2 Å². The first-order valence-electron chi connectivity index (χ1n) is 8.96. The summed E-state index contributed by atoms with van der Waals surface area (Å²) in [7, 11) is 0. The van der Waals surface area contributed by atoms with Crippen LogP contribution in [0.15, 0.2) is 36.4 Å². The molecule has 2 aromatic rings. The minimum Gasteiger partial charge on any atom is -0.376 e. The minimum atomic E-state index is -0.125. The molecule has 5 nitrogen and oxygen atoms in total. The van der Waals surface area contributed by atoms with Crippen molar-refractivity contribution in [2.75, 3.05) is 22.5 Å². The van der Waals surface area contributed by atoms with Crippen LogP contribution >= 0.6 is 0 Å². The van der Waals surface area contributed by atoms with E-state index in [1.807, 2.05) is 57.2 Å². The molecule has 3 rings (SSSR count). The Morgan fingerprint density at radius 3 is 2.19 bits per heavy atom. The average molecular weight is 351 g/mol. The third-order valence-corrected chi connectivity index (χ3v) is 4.86. The van der Waals surface area contributed by atoms with E-state index in [4.69, 9.17) is 0 Å². The maximum atomic E-state index is 12.3. The Labute approximate surface area is 154 Å². The fourth-order valence-electron chi connectivity index (χ4n) is 2.80. The Kier molecular flexibility index (Phi) is 5.26. The summed E-state index contributed by atoms with van der Waals surface area (Å²) in [4.78, 5) is 24.3. The standard InChI is InChI=1S/C21H25N3O2/c1-13-6-4-7-17(14(13)2)22-12-20(25)23-18-8-5-9-19(15(18)3)24-21(26)16-10-11-16/h4-9,16,22H,10-12H2,1-3H3,(H,23,25)(H,24,26). The fraction of sp³-hybridized carbons (Fsp3) is 0.333. The maximum absolute atomic E-state index is 12.3. The van der Waals surface area contributed by atoms with Gasteiger partial charge in [0.05, 0.1) is 6.54 Å². The molecule has 3 N–H and O–H groups in total. The van der Waals surface area contributed by atoms with Crippen molar-refractivity contribution in [2.24, 2.45) is 5.92 Å². The summed E-state index contributed by atoms with van der Waals surface area (Å²) in [6.07, 6.45) is 1.93. The van der Waals surface area contributed by atoms with Crippen LogP contribution in [0.3, 0.4) is 0 Å². The molecule has 1 fully saturated rings. The van der Waals surface area contributed by atoms with E-state index >= 15 is 0 Å². The second-order valence-electron chi connectivity index (χ2n) is 6.89. The highest BCUT2D eigenvalue weighted by Gasteiger charge is 2.29. The highest BCUT2D eigenvalue weighted by atomic mass is 16.2. The molecule has 1 aliphatic rings. The van der Waals surface area contributed by atoms with Gasteiger partial charge in [0.2, 0.25) is 11.8 Å². The first-order valence-corrected chi connectivity index (χ1v) is 8.96. The molecule has 0 bridgehead atoms. The Hall–Kier alpha value is -2.82. The lowest BCUT2D eigenvalue weighted by Gasteiger charge is -2.15. The molecule has 0 radical (unpaired) electrons. The van der Waals surface area contributed by atoms with Gasteiger partial charge < -0.3 is 16.0 Å². The molecule has 0 saturated heterocycles. The van der Waals surface area contributed by atoms with Crippen molar-refractivity contribution in [1.29, 1.82) is 0 Å². The zero-order valence-corrected chi connectivity index (χ0v) is 15.5. The summed E-state index contributed by atoms with van der Waals surface area (Å²) in [6, 6.07) is 11.5. The first kappa shape index (κ1) is 18.0. The lowest BCUT2D eigenvalue weighted by Crippen LogP contribution is -2.23. The van der Waals surface area contributed by atoms with Crippen LogP contribution in [-0.4, -0.2) is 18.4 Å². The normalized spacial score (nSPS) is 13.2. The summed E-state index contributed by atoms with van der Waals surface area (Å²) in [5.74, 6) is 0.0854. The van der Waals surface area contributed by atoms with E-state index in [9.17, 15) is 9.59 Å².